The molecule has 1 rings (SSSR count). The van der Waals surface area contributed by atoms with Crippen molar-refractivity contribution in [3.63, 3.8) is 0 Å². The summed E-state index contributed by atoms with van der Waals surface area (Å²) in [6.07, 6.45) is 5.25. The van der Waals surface area contributed by atoms with Gasteiger partial charge in [0.05, 0.1) is 20.5 Å². The van der Waals surface area contributed by atoms with Crippen molar-refractivity contribution in [1.82, 2.24) is 0 Å². The van der Waals surface area contributed by atoms with Gasteiger partial charge in [-0.1, -0.05) is 12.7 Å². The molecule has 0 aliphatic rings. The minimum Gasteiger partial charge on any atom is -0.498 e. The van der Waals surface area contributed by atoms with Gasteiger partial charge in [-0.2, -0.15) is 0 Å². The average Bonchev–Trinajstić information content (AvgIpc) is 2.35. The molecule has 0 heterocycles. The molecule has 0 N–H and O–H groups in total. The second kappa shape index (κ2) is 6.63. The van der Waals surface area contributed by atoms with Crippen LogP contribution in [0.2, 0.25) is 0 Å². The summed E-state index contributed by atoms with van der Waals surface area (Å²) >= 11 is 0. The molecular formula is C14H18O3. The molecule has 0 aliphatic carbocycles. The van der Waals surface area contributed by atoms with E-state index in [4.69, 9.17) is 14.2 Å². The first-order valence-corrected chi connectivity index (χ1v) is 5.34. The fraction of sp³-hybridized carbons (Fsp3) is 0.286. The van der Waals surface area contributed by atoms with Crippen LogP contribution in [0.5, 0.6) is 11.5 Å². The zero-order chi connectivity index (χ0) is 12.7. The number of benzene rings is 1. The second-order valence-corrected chi connectivity index (χ2v) is 3.47. The summed E-state index contributed by atoms with van der Waals surface area (Å²) in [4.78, 5) is 0. The van der Waals surface area contributed by atoms with Gasteiger partial charge in [-0.3, -0.25) is 0 Å². The van der Waals surface area contributed by atoms with E-state index in [2.05, 4.69) is 6.58 Å². The predicted molar refractivity (Wildman–Crippen MR) is 69.5 cm³/mol. The number of ether oxygens (including phenoxy) is 3. The monoisotopic (exact) mass is 234 g/mol. The van der Waals surface area contributed by atoms with Gasteiger partial charge in [0.15, 0.2) is 0 Å². The molecule has 0 saturated heterocycles. The molecule has 0 atom stereocenters. The molecule has 0 fully saturated rings. The van der Waals surface area contributed by atoms with Crippen LogP contribution in [-0.4, -0.2) is 20.8 Å². The predicted octanol–water partition coefficient (Wildman–Crippen LogP) is 3.19. The summed E-state index contributed by atoms with van der Waals surface area (Å²) in [6, 6.07) is 3.89. The topological polar surface area (TPSA) is 27.7 Å². The van der Waals surface area contributed by atoms with Gasteiger partial charge in [-0.25, -0.2) is 0 Å². The fourth-order valence-electron chi connectivity index (χ4n) is 1.50. The highest BCUT2D eigenvalue weighted by atomic mass is 16.5. The van der Waals surface area contributed by atoms with Crippen LogP contribution in [0.15, 0.2) is 31.0 Å². The van der Waals surface area contributed by atoms with Crippen molar-refractivity contribution in [1.29, 1.82) is 0 Å². The molecule has 17 heavy (non-hydrogen) atoms. The molecule has 0 spiro atoms. The van der Waals surface area contributed by atoms with E-state index in [0.717, 1.165) is 22.6 Å². The molecule has 0 bridgehead atoms. The van der Waals surface area contributed by atoms with E-state index in [1.165, 1.54) is 6.26 Å². The number of hydrogen-bond acceptors (Lipinski definition) is 3. The number of rotatable bonds is 6. The average molecular weight is 234 g/mol. The molecule has 0 unspecified atom stereocenters. The Hall–Kier alpha value is -1.90. The molecule has 0 aliphatic heterocycles. The largest absolute Gasteiger partial charge is 0.498 e. The van der Waals surface area contributed by atoms with Gasteiger partial charge in [0.2, 0.25) is 0 Å². The highest BCUT2D eigenvalue weighted by Crippen LogP contribution is 2.29. The Kier molecular flexibility index (Phi) is 5.14. The summed E-state index contributed by atoms with van der Waals surface area (Å²) in [6.45, 7) is 5.95. The Balaban J connectivity index is 2.95. The lowest BCUT2D eigenvalue weighted by Crippen LogP contribution is -1.93. The van der Waals surface area contributed by atoms with Crippen LogP contribution in [0.3, 0.4) is 0 Å². The van der Waals surface area contributed by atoms with Gasteiger partial charge in [0.25, 0.3) is 0 Å². The first kappa shape index (κ1) is 13.2. The van der Waals surface area contributed by atoms with Gasteiger partial charge in [0.1, 0.15) is 18.1 Å². The maximum atomic E-state index is 5.31. The first-order valence-electron chi connectivity index (χ1n) is 5.34. The third kappa shape index (κ3) is 3.55. The zero-order valence-electron chi connectivity index (χ0n) is 10.5. The van der Waals surface area contributed by atoms with Crippen LogP contribution in [0.4, 0.5) is 0 Å². The molecule has 1 aromatic rings. The Morgan fingerprint density at radius 2 is 1.88 bits per heavy atom. The quantitative estimate of drug-likeness (QED) is 0.559. The van der Waals surface area contributed by atoms with Gasteiger partial charge in [0, 0.05) is 5.56 Å². The van der Waals surface area contributed by atoms with E-state index in [9.17, 15) is 0 Å². The van der Waals surface area contributed by atoms with E-state index in [1.807, 2.05) is 31.2 Å². The highest BCUT2D eigenvalue weighted by molar-refractivity contribution is 5.61. The summed E-state index contributed by atoms with van der Waals surface area (Å²) in [7, 11) is 3.31. The summed E-state index contributed by atoms with van der Waals surface area (Å²) in [5.74, 6) is 1.66. The van der Waals surface area contributed by atoms with Crippen molar-refractivity contribution in [3.8, 4) is 11.5 Å². The molecular weight excluding hydrogens is 216 g/mol. The van der Waals surface area contributed by atoms with Gasteiger partial charge in [-0.05, 0) is 30.7 Å². The second-order valence-electron chi connectivity index (χ2n) is 3.47. The standard InChI is InChI=1S/C14H18O3/c1-5-17-8-6-7-12-10-13(15-3)11(2)9-14(12)16-4/h5-7,9-10H,1,8H2,2-4H3/b7-6+. The minimum absolute atomic E-state index is 0.489. The summed E-state index contributed by atoms with van der Waals surface area (Å²) < 4.78 is 15.6. The van der Waals surface area contributed by atoms with E-state index < -0.39 is 0 Å². The smallest absolute Gasteiger partial charge is 0.126 e. The van der Waals surface area contributed by atoms with Crippen molar-refractivity contribution >= 4 is 6.08 Å². The number of hydrogen-bond donors (Lipinski definition) is 0. The molecule has 0 aromatic heterocycles. The van der Waals surface area contributed by atoms with Crippen molar-refractivity contribution in [2.45, 2.75) is 6.92 Å². The summed E-state index contributed by atoms with van der Waals surface area (Å²) in [5.41, 5.74) is 2.01. The van der Waals surface area contributed by atoms with E-state index in [-0.39, 0.29) is 0 Å². The van der Waals surface area contributed by atoms with Crippen molar-refractivity contribution in [2.75, 3.05) is 20.8 Å². The molecule has 0 amide bonds. The van der Waals surface area contributed by atoms with Gasteiger partial charge < -0.3 is 14.2 Å². The summed E-state index contributed by atoms with van der Waals surface area (Å²) in [5, 5.41) is 0. The van der Waals surface area contributed by atoms with Crippen LogP contribution >= 0.6 is 0 Å². The maximum Gasteiger partial charge on any atom is 0.126 e. The van der Waals surface area contributed by atoms with Crippen LogP contribution in [-0.2, 0) is 4.74 Å². The van der Waals surface area contributed by atoms with Gasteiger partial charge >= 0.3 is 0 Å². The SMILES string of the molecule is C=COC/C=C/c1cc(OC)c(C)cc1OC. The highest BCUT2D eigenvalue weighted by Gasteiger charge is 2.05. The third-order valence-corrected chi connectivity index (χ3v) is 2.35. The van der Waals surface area contributed by atoms with Crippen molar-refractivity contribution in [2.24, 2.45) is 0 Å². The number of methoxy groups -OCH3 is 2. The normalized spacial score (nSPS) is 10.3. The Morgan fingerprint density at radius 1 is 1.18 bits per heavy atom. The molecule has 1 aromatic carbocycles. The lowest BCUT2D eigenvalue weighted by Gasteiger charge is -2.10. The third-order valence-electron chi connectivity index (χ3n) is 2.35. The van der Waals surface area contributed by atoms with E-state index >= 15 is 0 Å². The Morgan fingerprint density at radius 3 is 2.47 bits per heavy atom. The Bertz CT molecular complexity index is 408. The van der Waals surface area contributed by atoms with E-state index in [1.54, 1.807) is 14.2 Å². The number of aryl methyl sites for hydroxylation is 1. The zero-order valence-corrected chi connectivity index (χ0v) is 10.5. The van der Waals surface area contributed by atoms with Crippen LogP contribution in [0.1, 0.15) is 11.1 Å². The molecule has 92 valence electrons. The van der Waals surface area contributed by atoms with Crippen LogP contribution in [0, 0.1) is 6.92 Å². The molecule has 3 heteroatoms. The lowest BCUT2D eigenvalue weighted by atomic mass is 10.1. The van der Waals surface area contributed by atoms with Crippen LogP contribution in [0.25, 0.3) is 6.08 Å². The minimum atomic E-state index is 0.489. The maximum absolute atomic E-state index is 5.31. The molecule has 0 saturated carbocycles. The molecule has 0 radical (unpaired) electrons. The Labute approximate surface area is 102 Å². The van der Waals surface area contributed by atoms with Gasteiger partial charge in [-0.15, -0.1) is 0 Å². The van der Waals surface area contributed by atoms with E-state index in [0.29, 0.717) is 6.61 Å². The fourth-order valence-corrected chi connectivity index (χ4v) is 1.50. The first-order chi connectivity index (χ1) is 8.22. The van der Waals surface area contributed by atoms with Crippen molar-refractivity contribution in [3.05, 3.63) is 42.2 Å². The molecule has 3 nitrogen and oxygen atoms in total. The van der Waals surface area contributed by atoms with Crippen molar-refractivity contribution < 1.29 is 14.2 Å². The van der Waals surface area contributed by atoms with Crippen LogP contribution < -0.4 is 9.47 Å². The lowest BCUT2D eigenvalue weighted by molar-refractivity contribution is 0.292.